The number of nitrogens with zero attached hydrogens (tertiary/aromatic N) is 1. The van der Waals surface area contributed by atoms with E-state index in [9.17, 15) is 0 Å². The predicted molar refractivity (Wildman–Crippen MR) is 85.4 cm³/mol. The summed E-state index contributed by atoms with van der Waals surface area (Å²) in [6.07, 6.45) is 4.09. The van der Waals surface area contributed by atoms with Gasteiger partial charge in [-0.2, -0.15) is 0 Å². The number of benzene rings is 1. The number of likely N-dealkylation sites (N-methyl/N-ethyl adjacent to an activating group) is 1. The molecule has 1 heterocycles. The summed E-state index contributed by atoms with van der Waals surface area (Å²) in [7, 11) is 2.18. The van der Waals surface area contributed by atoms with Crippen molar-refractivity contribution >= 4 is 5.69 Å². The Morgan fingerprint density at radius 2 is 2.15 bits per heavy atom. The summed E-state index contributed by atoms with van der Waals surface area (Å²) in [6.45, 7) is 7.28. The molecule has 20 heavy (non-hydrogen) atoms. The second-order valence-corrected chi connectivity index (χ2v) is 5.71. The first-order valence-electron chi connectivity index (χ1n) is 7.87. The molecular formula is C17H28N2O. The lowest BCUT2D eigenvalue weighted by atomic mass is 10.0. The van der Waals surface area contributed by atoms with Crippen LogP contribution in [0.25, 0.3) is 0 Å². The Kier molecular flexibility index (Phi) is 5.86. The third-order valence-corrected chi connectivity index (χ3v) is 4.08. The van der Waals surface area contributed by atoms with E-state index >= 15 is 0 Å². The number of hydrogen-bond donors (Lipinski definition) is 1. The Labute approximate surface area is 123 Å². The largest absolute Gasteiger partial charge is 0.376 e. The third kappa shape index (κ3) is 3.97. The average molecular weight is 276 g/mol. The molecule has 0 amide bonds. The lowest BCUT2D eigenvalue weighted by Crippen LogP contribution is -2.34. The predicted octanol–water partition coefficient (Wildman–Crippen LogP) is 3.36. The molecular weight excluding hydrogens is 248 g/mol. The fourth-order valence-corrected chi connectivity index (χ4v) is 2.97. The second-order valence-electron chi connectivity index (χ2n) is 5.71. The Balaban J connectivity index is 2.06. The van der Waals surface area contributed by atoms with Crippen LogP contribution in [-0.2, 0) is 4.74 Å². The first-order chi connectivity index (χ1) is 9.72. The van der Waals surface area contributed by atoms with Crippen LogP contribution < -0.4 is 10.2 Å². The molecule has 3 nitrogen and oxygen atoms in total. The Hall–Kier alpha value is -1.06. The van der Waals surface area contributed by atoms with Gasteiger partial charge in [0, 0.05) is 31.9 Å². The minimum atomic E-state index is 0.380. The van der Waals surface area contributed by atoms with E-state index in [1.54, 1.807) is 0 Å². The third-order valence-electron chi connectivity index (χ3n) is 4.08. The van der Waals surface area contributed by atoms with Gasteiger partial charge >= 0.3 is 0 Å². The van der Waals surface area contributed by atoms with Crippen molar-refractivity contribution < 1.29 is 4.74 Å². The van der Waals surface area contributed by atoms with Gasteiger partial charge in [-0.15, -0.1) is 0 Å². The molecule has 1 fully saturated rings. The van der Waals surface area contributed by atoms with E-state index in [1.807, 2.05) is 0 Å². The van der Waals surface area contributed by atoms with Crippen LogP contribution in [-0.4, -0.2) is 32.8 Å². The maximum absolute atomic E-state index is 5.86. The smallest absolute Gasteiger partial charge is 0.0749 e. The molecule has 0 bridgehead atoms. The van der Waals surface area contributed by atoms with E-state index in [2.05, 4.69) is 55.4 Å². The highest BCUT2D eigenvalue weighted by Crippen LogP contribution is 2.26. The van der Waals surface area contributed by atoms with Gasteiger partial charge in [-0.05, 0) is 44.4 Å². The highest BCUT2D eigenvalue weighted by atomic mass is 16.5. The molecule has 0 aromatic heterocycles. The topological polar surface area (TPSA) is 24.5 Å². The van der Waals surface area contributed by atoms with Crippen molar-refractivity contribution in [2.24, 2.45) is 0 Å². The van der Waals surface area contributed by atoms with Crippen LogP contribution in [0.15, 0.2) is 24.3 Å². The molecule has 0 radical (unpaired) electrons. The van der Waals surface area contributed by atoms with Crippen molar-refractivity contribution in [3.8, 4) is 0 Å². The number of nitrogens with one attached hydrogen (secondary N) is 1. The Bertz CT molecular complexity index is 402. The van der Waals surface area contributed by atoms with E-state index in [-0.39, 0.29) is 0 Å². The zero-order chi connectivity index (χ0) is 14.4. The van der Waals surface area contributed by atoms with Crippen LogP contribution in [0.3, 0.4) is 0 Å². The van der Waals surface area contributed by atoms with Crippen molar-refractivity contribution in [3.63, 3.8) is 0 Å². The van der Waals surface area contributed by atoms with Crippen LogP contribution in [0.1, 0.15) is 44.7 Å². The summed E-state index contributed by atoms with van der Waals surface area (Å²) in [4.78, 5) is 2.35. The van der Waals surface area contributed by atoms with Gasteiger partial charge in [-0.25, -0.2) is 0 Å². The molecule has 2 unspecified atom stereocenters. The molecule has 2 atom stereocenters. The molecule has 1 aliphatic rings. The van der Waals surface area contributed by atoms with Crippen LogP contribution in [0.5, 0.6) is 0 Å². The van der Waals surface area contributed by atoms with Gasteiger partial charge < -0.3 is 15.0 Å². The molecule has 112 valence electrons. The summed E-state index contributed by atoms with van der Waals surface area (Å²) < 4.78 is 5.86. The number of para-hydroxylation sites is 1. The van der Waals surface area contributed by atoms with Crippen LogP contribution in [0.4, 0.5) is 5.69 Å². The van der Waals surface area contributed by atoms with E-state index in [0.29, 0.717) is 12.1 Å². The second kappa shape index (κ2) is 7.65. The van der Waals surface area contributed by atoms with Crippen molar-refractivity contribution in [1.82, 2.24) is 5.32 Å². The molecule has 1 aromatic rings. The summed E-state index contributed by atoms with van der Waals surface area (Å²) >= 11 is 0. The quantitative estimate of drug-likeness (QED) is 0.862. The molecule has 1 aliphatic heterocycles. The van der Waals surface area contributed by atoms with Gasteiger partial charge in [0.1, 0.15) is 0 Å². The zero-order valence-corrected chi connectivity index (χ0v) is 13.1. The van der Waals surface area contributed by atoms with E-state index in [1.165, 1.54) is 30.5 Å². The SMILES string of the molecule is CCNC(C)c1ccccc1N(C)CC1CCCCO1. The van der Waals surface area contributed by atoms with Gasteiger partial charge in [0.2, 0.25) is 0 Å². The normalized spacial score (nSPS) is 20.6. The number of anilines is 1. The van der Waals surface area contributed by atoms with Crippen molar-refractivity contribution in [3.05, 3.63) is 29.8 Å². The number of ether oxygens (including phenoxy) is 1. The lowest BCUT2D eigenvalue weighted by Gasteiger charge is -2.31. The van der Waals surface area contributed by atoms with Crippen molar-refractivity contribution in [2.45, 2.75) is 45.3 Å². The van der Waals surface area contributed by atoms with Crippen LogP contribution in [0, 0.1) is 0 Å². The summed E-state index contributed by atoms with van der Waals surface area (Å²) in [5, 5.41) is 3.50. The van der Waals surface area contributed by atoms with E-state index in [4.69, 9.17) is 4.74 Å². The first kappa shape index (κ1) is 15.3. The highest BCUT2D eigenvalue weighted by molar-refractivity contribution is 5.54. The van der Waals surface area contributed by atoms with Gasteiger partial charge in [-0.1, -0.05) is 25.1 Å². The maximum atomic E-state index is 5.86. The molecule has 1 N–H and O–H groups in total. The molecule has 0 saturated carbocycles. The maximum Gasteiger partial charge on any atom is 0.0749 e. The van der Waals surface area contributed by atoms with Gasteiger partial charge in [0.15, 0.2) is 0 Å². The van der Waals surface area contributed by atoms with Gasteiger partial charge in [0.05, 0.1) is 6.10 Å². The van der Waals surface area contributed by atoms with Crippen molar-refractivity contribution in [1.29, 1.82) is 0 Å². The standard InChI is InChI=1S/C17H28N2O/c1-4-18-14(2)16-10-5-6-11-17(16)19(3)13-15-9-7-8-12-20-15/h5-6,10-11,14-15,18H,4,7-9,12-13H2,1-3H3. The fourth-order valence-electron chi connectivity index (χ4n) is 2.97. The first-order valence-corrected chi connectivity index (χ1v) is 7.87. The van der Waals surface area contributed by atoms with Crippen LogP contribution in [0.2, 0.25) is 0 Å². The van der Waals surface area contributed by atoms with Crippen molar-refractivity contribution in [2.75, 3.05) is 31.6 Å². The van der Waals surface area contributed by atoms with E-state index < -0.39 is 0 Å². The molecule has 0 spiro atoms. The highest BCUT2D eigenvalue weighted by Gasteiger charge is 2.18. The average Bonchev–Trinajstić information content (AvgIpc) is 2.48. The summed E-state index contributed by atoms with van der Waals surface area (Å²) in [6, 6.07) is 9.06. The zero-order valence-electron chi connectivity index (χ0n) is 13.1. The minimum Gasteiger partial charge on any atom is -0.376 e. The number of rotatable bonds is 6. The minimum absolute atomic E-state index is 0.380. The van der Waals surface area contributed by atoms with E-state index in [0.717, 1.165) is 19.7 Å². The molecule has 0 aliphatic carbocycles. The van der Waals surface area contributed by atoms with Gasteiger partial charge in [-0.3, -0.25) is 0 Å². The lowest BCUT2D eigenvalue weighted by molar-refractivity contribution is 0.0216. The summed E-state index contributed by atoms with van der Waals surface area (Å²) in [5.74, 6) is 0. The summed E-state index contributed by atoms with van der Waals surface area (Å²) in [5.41, 5.74) is 2.68. The Morgan fingerprint density at radius 3 is 2.85 bits per heavy atom. The molecule has 1 aromatic carbocycles. The Morgan fingerprint density at radius 1 is 1.35 bits per heavy atom. The number of hydrogen-bond acceptors (Lipinski definition) is 3. The molecule has 1 saturated heterocycles. The molecule has 2 rings (SSSR count). The fraction of sp³-hybridized carbons (Fsp3) is 0.647. The van der Waals surface area contributed by atoms with Gasteiger partial charge in [0.25, 0.3) is 0 Å². The molecule has 3 heteroatoms. The monoisotopic (exact) mass is 276 g/mol. The van der Waals surface area contributed by atoms with Crippen LogP contribution >= 0.6 is 0 Å².